The summed E-state index contributed by atoms with van der Waals surface area (Å²) in [5.74, 6) is 0.712. The summed E-state index contributed by atoms with van der Waals surface area (Å²) in [4.78, 5) is 24.5. The highest BCUT2D eigenvalue weighted by Crippen LogP contribution is 2.26. The van der Waals surface area contributed by atoms with Gasteiger partial charge in [-0.25, -0.2) is 4.79 Å². The standard InChI is InChI=1S/C24H26O6/c1-4-5-6-11-27-23(25)15-28-18-9-10-19-21(13-18)29-14-22(24(19)26)30-20-12-16(2)7-8-17(20)3/h7-10,12-14H,4-6,11,15H2,1-3H3. The molecule has 1 heterocycles. The minimum atomic E-state index is -0.426. The number of hydrogen-bond acceptors (Lipinski definition) is 6. The van der Waals surface area contributed by atoms with Crippen molar-refractivity contribution in [2.75, 3.05) is 13.2 Å². The van der Waals surface area contributed by atoms with Crippen LogP contribution in [0, 0.1) is 13.8 Å². The Bertz CT molecular complexity index is 1080. The third-order valence-electron chi connectivity index (χ3n) is 4.65. The van der Waals surface area contributed by atoms with Crippen LogP contribution in [0.1, 0.15) is 37.3 Å². The van der Waals surface area contributed by atoms with Gasteiger partial charge in [0.15, 0.2) is 6.61 Å². The first-order valence-electron chi connectivity index (χ1n) is 10.1. The molecule has 0 aliphatic carbocycles. The van der Waals surface area contributed by atoms with E-state index in [-0.39, 0.29) is 17.8 Å². The summed E-state index contributed by atoms with van der Waals surface area (Å²) in [6.07, 6.45) is 4.22. The molecule has 0 spiro atoms. The summed E-state index contributed by atoms with van der Waals surface area (Å²) in [7, 11) is 0. The summed E-state index contributed by atoms with van der Waals surface area (Å²) < 4.78 is 21.9. The second-order valence-corrected chi connectivity index (χ2v) is 7.17. The van der Waals surface area contributed by atoms with E-state index in [1.165, 1.54) is 6.26 Å². The summed E-state index contributed by atoms with van der Waals surface area (Å²) in [6.45, 7) is 6.15. The Morgan fingerprint density at radius 2 is 1.87 bits per heavy atom. The molecule has 2 aromatic carbocycles. The fourth-order valence-electron chi connectivity index (χ4n) is 2.91. The predicted molar refractivity (Wildman–Crippen MR) is 114 cm³/mol. The first-order valence-corrected chi connectivity index (χ1v) is 10.1. The molecule has 3 rings (SSSR count). The van der Waals surface area contributed by atoms with Crippen LogP contribution in [0.15, 0.2) is 51.9 Å². The van der Waals surface area contributed by atoms with Crippen LogP contribution in [0.2, 0.25) is 0 Å². The van der Waals surface area contributed by atoms with Gasteiger partial charge in [-0.2, -0.15) is 0 Å². The van der Waals surface area contributed by atoms with Gasteiger partial charge in [0.1, 0.15) is 23.3 Å². The van der Waals surface area contributed by atoms with Crippen molar-refractivity contribution >= 4 is 16.9 Å². The lowest BCUT2D eigenvalue weighted by atomic mass is 10.1. The molecular weight excluding hydrogens is 384 g/mol. The van der Waals surface area contributed by atoms with Gasteiger partial charge in [-0.15, -0.1) is 0 Å². The van der Waals surface area contributed by atoms with E-state index in [4.69, 9.17) is 18.6 Å². The Balaban J connectivity index is 1.69. The minimum absolute atomic E-state index is 0.112. The Hall–Kier alpha value is -3.28. The molecule has 0 aliphatic rings. The molecule has 0 unspecified atom stereocenters. The quantitative estimate of drug-likeness (QED) is 0.351. The Labute approximate surface area is 175 Å². The molecule has 30 heavy (non-hydrogen) atoms. The van der Waals surface area contributed by atoms with E-state index >= 15 is 0 Å². The van der Waals surface area contributed by atoms with Crippen molar-refractivity contribution in [2.45, 2.75) is 40.0 Å². The summed E-state index contributed by atoms with van der Waals surface area (Å²) in [5, 5.41) is 0.368. The highest BCUT2D eigenvalue weighted by atomic mass is 16.6. The van der Waals surface area contributed by atoms with Crippen molar-refractivity contribution in [3.05, 3.63) is 64.0 Å². The number of aryl methyl sites for hydroxylation is 2. The van der Waals surface area contributed by atoms with Crippen LogP contribution in [0.4, 0.5) is 0 Å². The van der Waals surface area contributed by atoms with Crippen molar-refractivity contribution < 1.29 is 23.4 Å². The third-order valence-corrected chi connectivity index (χ3v) is 4.65. The van der Waals surface area contributed by atoms with E-state index < -0.39 is 5.97 Å². The Morgan fingerprint density at radius 1 is 1.03 bits per heavy atom. The molecule has 0 radical (unpaired) electrons. The lowest BCUT2D eigenvalue weighted by Gasteiger charge is -2.10. The first-order chi connectivity index (χ1) is 14.5. The first kappa shape index (κ1) is 21.4. The van der Waals surface area contributed by atoms with Crippen LogP contribution >= 0.6 is 0 Å². The van der Waals surface area contributed by atoms with E-state index in [2.05, 4.69) is 6.92 Å². The average molecular weight is 410 g/mol. The van der Waals surface area contributed by atoms with Gasteiger partial charge >= 0.3 is 5.97 Å². The van der Waals surface area contributed by atoms with Crippen molar-refractivity contribution in [2.24, 2.45) is 0 Å². The fourth-order valence-corrected chi connectivity index (χ4v) is 2.91. The molecule has 6 heteroatoms. The fraction of sp³-hybridized carbons (Fsp3) is 0.333. The minimum Gasteiger partial charge on any atom is -0.482 e. The lowest BCUT2D eigenvalue weighted by molar-refractivity contribution is -0.146. The molecule has 0 N–H and O–H groups in total. The number of ether oxygens (including phenoxy) is 3. The van der Waals surface area contributed by atoms with Gasteiger partial charge in [-0.1, -0.05) is 31.9 Å². The molecular formula is C24H26O6. The van der Waals surface area contributed by atoms with Crippen LogP contribution in [0.3, 0.4) is 0 Å². The molecule has 0 fully saturated rings. The average Bonchev–Trinajstić information content (AvgIpc) is 2.74. The van der Waals surface area contributed by atoms with Gasteiger partial charge < -0.3 is 18.6 Å². The molecule has 0 saturated heterocycles. The number of esters is 1. The van der Waals surface area contributed by atoms with Crippen molar-refractivity contribution in [3.8, 4) is 17.2 Å². The maximum absolute atomic E-state index is 12.8. The molecule has 0 amide bonds. The largest absolute Gasteiger partial charge is 0.482 e. The SMILES string of the molecule is CCCCCOC(=O)COc1ccc2c(=O)c(Oc3cc(C)ccc3C)coc2c1. The second kappa shape index (κ2) is 9.96. The van der Waals surface area contributed by atoms with Gasteiger partial charge in [0.25, 0.3) is 0 Å². The molecule has 1 aromatic heterocycles. The molecule has 6 nitrogen and oxygen atoms in total. The van der Waals surface area contributed by atoms with Gasteiger partial charge in [0.05, 0.1) is 12.0 Å². The van der Waals surface area contributed by atoms with Crippen LogP contribution in [0.5, 0.6) is 17.2 Å². The van der Waals surface area contributed by atoms with Gasteiger partial charge in [-0.05, 0) is 49.6 Å². The normalized spacial score (nSPS) is 10.8. The topological polar surface area (TPSA) is 75.0 Å². The number of benzene rings is 2. The lowest BCUT2D eigenvalue weighted by Crippen LogP contribution is -2.15. The van der Waals surface area contributed by atoms with E-state index in [9.17, 15) is 9.59 Å². The van der Waals surface area contributed by atoms with Gasteiger partial charge in [0, 0.05) is 6.07 Å². The van der Waals surface area contributed by atoms with E-state index in [1.807, 2.05) is 32.0 Å². The number of fused-ring (bicyclic) bond motifs is 1. The second-order valence-electron chi connectivity index (χ2n) is 7.17. The van der Waals surface area contributed by atoms with Crippen LogP contribution < -0.4 is 14.9 Å². The van der Waals surface area contributed by atoms with E-state index in [1.54, 1.807) is 18.2 Å². The van der Waals surface area contributed by atoms with E-state index in [0.29, 0.717) is 29.1 Å². The summed E-state index contributed by atoms with van der Waals surface area (Å²) in [6, 6.07) is 10.6. The van der Waals surface area contributed by atoms with Crippen molar-refractivity contribution in [1.29, 1.82) is 0 Å². The molecule has 0 atom stereocenters. The van der Waals surface area contributed by atoms with Crippen LogP contribution in [-0.2, 0) is 9.53 Å². The van der Waals surface area contributed by atoms with Crippen LogP contribution in [0.25, 0.3) is 11.0 Å². The van der Waals surface area contributed by atoms with E-state index in [0.717, 1.165) is 30.4 Å². The zero-order valence-electron chi connectivity index (χ0n) is 17.5. The van der Waals surface area contributed by atoms with Gasteiger partial charge in [0.2, 0.25) is 11.2 Å². The maximum Gasteiger partial charge on any atom is 0.344 e. The smallest absolute Gasteiger partial charge is 0.344 e. The monoisotopic (exact) mass is 410 g/mol. The van der Waals surface area contributed by atoms with Gasteiger partial charge in [-0.3, -0.25) is 4.79 Å². The molecule has 158 valence electrons. The summed E-state index contributed by atoms with van der Waals surface area (Å²) >= 11 is 0. The number of carbonyl (C=O) groups excluding carboxylic acids is 1. The highest BCUT2D eigenvalue weighted by molar-refractivity contribution is 5.79. The maximum atomic E-state index is 12.8. The van der Waals surface area contributed by atoms with Crippen molar-refractivity contribution in [3.63, 3.8) is 0 Å². The summed E-state index contributed by atoms with van der Waals surface area (Å²) in [5.41, 5.74) is 2.03. The number of carbonyl (C=O) groups is 1. The van der Waals surface area contributed by atoms with Crippen LogP contribution in [-0.4, -0.2) is 19.2 Å². The van der Waals surface area contributed by atoms with Crippen molar-refractivity contribution in [1.82, 2.24) is 0 Å². The highest BCUT2D eigenvalue weighted by Gasteiger charge is 2.12. The zero-order valence-corrected chi connectivity index (χ0v) is 17.5. The zero-order chi connectivity index (χ0) is 21.5. The molecule has 3 aromatic rings. The predicted octanol–water partition coefficient (Wildman–Crippen LogP) is 5.31. The molecule has 0 aliphatic heterocycles. The number of hydrogen-bond donors (Lipinski definition) is 0. The number of rotatable bonds is 9. The molecule has 0 saturated carbocycles. The number of unbranched alkanes of at least 4 members (excludes halogenated alkanes) is 2. The Morgan fingerprint density at radius 3 is 2.67 bits per heavy atom. The molecule has 0 bridgehead atoms. The Kier molecular flexibility index (Phi) is 7.12. The third kappa shape index (κ3) is 5.41.